The van der Waals surface area contributed by atoms with Crippen molar-refractivity contribution in [2.24, 2.45) is 4.99 Å². The van der Waals surface area contributed by atoms with Crippen LogP contribution in [0.15, 0.2) is 35.3 Å². The fourth-order valence-electron chi connectivity index (χ4n) is 0.850. The zero-order valence-electron chi connectivity index (χ0n) is 7.73. The number of nitriles is 1. The molecule has 66 valence electrons. The Morgan fingerprint density at radius 1 is 1.31 bits per heavy atom. The Hall–Kier alpha value is -1.82. The highest BCUT2D eigenvalue weighted by Gasteiger charge is 1.98. The van der Waals surface area contributed by atoms with Crippen LogP contribution in [0.25, 0.3) is 0 Å². The Labute approximate surface area is 77.9 Å². The van der Waals surface area contributed by atoms with Gasteiger partial charge in [-0.1, -0.05) is 18.2 Å². The van der Waals surface area contributed by atoms with E-state index in [0.717, 1.165) is 5.69 Å². The highest BCUT2D eigenvalue weighted by Crippen LogP contribution is 2.10. The Bertz CT molecular complexity index is 333. The lowest BCUT2D eigenvalue weighted by Crippen LogP contribution is -2.19. The predicted molar refractivity (Wildman–Crippen MR) is 52.8 cm³/mol. The van der Waals surface area contributed by atoms with E-state index >= 15 is 0 Å². The molecular weight excluding hydrogens is 162 g/mol. The van der Waals surface area contributed by atoms with Crippen molar-refractivity contribution in [2.75, 3.05) is 14.1 Å². The summed E-state index contributed by atoms with van der Waals surface area (Å²) in [5.74, 6) is 0.409. The zero-order chi connectivity index (χ0) is 9.68. The summed E-state index contributed by atoms with van der Waals surface area (Å²) in [5.41, 5.74) is 0.799. The van der Waals surface area contributed by atoms with E-state index in [1.807, 2.05) is 36.4 Å². The van der Waals surface area contributed by atoms with Crippen LogP contribution in [0.5, 0.6) is 0 Å². The van der Waals surface area contributed by atoms with Crippen molar-refractivity contribution in [1.29, 1.82) is 5.26 Å². The van der Waals surface area contributed by atoms with E-state index in [4.69, 9.17) is 5.26 Å². The summed E-state index contributed by atoms with van der Waals surface area (Å²) in [7, 11) is 3.59. The van der Waals surface area contributed by atoms with E-state index in [9.17, 15) is 0 Å². The minimum atomic E-state index is 0.409. The molecular formula is C10H11N3. The first-order valence-electron chi connectivity index (χ1n) is 3.95. The first-order valence-corrected chi connectivity index (χ1v) is 3.95. The Kier molecular flexibility index (Phi) is 3.04. The van der Waals surface area contributed by atoms with Crippen LogP contribution in [0.4, 0.5) is 5.69 Å². The van der Waals surface area contributed by atoms with Crippen LogP contribution in [0, 0.1) is 11.3 Å². The zero-order valence-corrected chi connectivity index (χ0v) is 7.73. The van der Waals surface area contributed by atoms with Gasteiger partial charge in [-0.25, -0.2) is 4.99 Å². The largest absolute Gasteiger partial charge is 0.354 e. The van der Waals surface area contributed by atoms with Crippen LogP contribution in [0.3, 0.4) is 0 Å². The molecule has 1 aromatic carbocycles. The topological polar surface area (TPSA) is 39.4 Å². The summed E-state index contributed by atoms with van der Waals surface area (Å²) in [4.78, 5) is 5.85. The van der Waals surface area contributed by atoms with E-state index in [1.165, 1.54) is 0 Å². The van der Waals surface area contributed by atoms with Gasteiger partial charge in [-0.05, 0) is 12.1 Å². The second kappa shape index (κ2) is 4.27. The molecule has 13 heavy (non-hydrogen) atoms. The lowest BCUT2D eigenvalue weighted by molar-refractivity contribution is 0.628. The quantitative estimate of drug-likeness (QED) is 0.480. The molecule has 0 saturated carbocycles. The van der Waals surface area contributed by atoms with Crippen molar-refractivity contribution in [3.8, 4) is 6.07 Å². The fraction of sp³-hybridized carbons (Fsp3) is 0.200. The lowest BCUT2D eigenvalue weighted by atomic mass is 10.3. The molecule has 1 rings (SSSR count). The van der Waals surface area contributed by atoms with Gasteiger partial charge in [0.15, 0.2) is 0 Å². The summed E-state index contributed by atoms with van der Waals surface area (Å²) in [6, 6.07) is 11.5. The minimum absolute atomic E-state index is 0.409. The monoisotopic (exact) mass is 173 g/mol. The van der Waals surface area contributed by atoms with E-state index in [2.05, 4.69) is 4.99 Å². The molecule has 0 unspecified atom stereocenters. The first kappa shape index (κ1) is 9.27. The van der Waals surface area contributed by atoms with Gasteiger partial charge in [-0.15, -0.1) is 0 Å². The molecule has 0 fully saturated rings. The molecule has 0 bridgehead atoms. The molecule has 0 N–H and O–H groups in total. The van der Waals surface area contributed by atoms with Crippen LogP contribution in [-0.4, -0.2) is 24.8 Å². The third-order valence-corrected chi connectivity index (χ3v) is 1.51. The van der Waals surface area contributed by atoms with E-state index in [0.29, 0.717) is 5.84 Å². The molecule has 0 spiro atoms. The highest BCUT2D eigenvalue weighted by molar-refractivity contribution is 5.97. The van der Waals surface area contributed by atoms with E-state index in [-0.39, 0.29) is 0 Å². The fourth-order valence-corrected chi connectivity index (χ4v) is 0.850. The summed E-state index contributed by atoms with van der Waals surface area (Å²) in [6.07, 6.45) is 0. The van der Waals surface area contributed by atoms with Gasteiger partial charge in [0.1, 0.15) is 6.07 Å². The van der Waals surface area contributed by atoms with Gasteiger partial charge in [-0.2, -0.15) is 5.26 Å². The van der Waals surface area contributed by atoms with E-state index < -0.39 is 0 Å². The number of hydrogen-bond acceptors (Lipinski definition) is 2. The first-order chi connectivity index (χ1) is 6.24. The number of nitrogens with zero attached hydrogens (tertiary/aromatic N) is 3. The van der Waals surface area contributed by atoms with Crippen LogP contribution in [-0.2, 0) is 0 Å². The van der Waals surface area contributed by atoms with Gasteiger partial charge in [0.05, 0.1) is 5.69 Å². The van der Waals surface area contributed by atoms with Crippen LogP contribution in [0.2, 0.25) is 0 Å². The van der Waals surface area contributed by atoms with Crippen molar-refractivity contribution in [2.45, 2.75) is 0 Å². The standard InChI is InChI=1S/C10H11N3/c1-13(2)10(8-11)12-9-6-4-3-5-7-9/h3-7H,1-2H3. The summed E-state index contributed by atoms with van der Waals surface area (Å²) < 4.78 is 0. The molecule has 0 atom stereocenters. The maximum absolute atomic E-state index is 8.74. The second-order valence-electron chi connectivity index (χ2n) is 2.78. The number of aliphatic imine (C=N–C) groups is 1. The molecule has 0 saturated heterocycles. The maximum Gasteiger partial charge on any atom is 0.208 e. The Balaban J connectivity index is 2.94. The molecule has 0 aliphatic carbocycles. The maximum atomic E-state index is 8.74. The molecule has 0 amide bonds. The summed E-state index contributed by atoms with van der Waals surface area (Å²) in [5, 5.41) is 8.74. The predicted octanol–water partition coefficient (Wildman–Crippen LogP) is 1.80. The summed E-state index contributed by atoms with van der Waals surface area (Å²) >= 11 is 0. The number of hydrogen-bond donors (Lipinski definition) is 0. The molecule has 0 aliphatic rings. The van der Waals surface area contributed by atoms with Crippen molar-refractivity contribution in [3.63, 3.8) is 0 Å². The van der Waals surface area contributed by atoms with Gasteiger partial charge in [0.25, 0.3) is 0 Å². The number of para-hydroxylation sites is 1. The van der Waals surface area contributed by atoms with Gasteiger partial charge >= 0.3 is 0 Å². The van der Waals surface area contributed by atoms with Gasteiger partial charge < -0.3 is 4.90 Å². The number of rotatable bonds is 1. The Morgan fingerprint density at radius 2 is 1.92 bits per heavy atom. The second-order valence-corrected chi connectivity index (χ2v) is 2.78. The molecule has 0 aliphatic heterocycles. The highest BCUT2D eigenvalue weighted by atomic mass is 15.1. The number of benzene rings is 1. The van der Waals surface area contributed by atoms with Crippen molar-refractivity contribution in [1.82, 2.24) is 4.90 Å². The number of amidine groups is 1. The molecule has 1 aromatic rings. The third-order valence-electron chi connectivity index (χ3n) is 1.51. The molecule has 0 aromatic heterocycles. The average molecular weight is 173 g/mol. The average Bonchev–Trinajstić information content (AvgIpc) is 2.15. The molecule has 0 radical (unpaired) electrons. The summed E-state index contributed by atoms with van der Waals surface area (Å²) in [6.45, 7) is 0. The SMILES string of the molecule is CN(C)C(C#N)=Nc1ccccc1. The van der Waals surface area contributed by atoms with Gasteiger partial charge in [0.2, 0.25) is 5.84 Å². The van der Waals surface area contributed by atoms with Crippen molar-refractivity contribution < 1.29 is 0 Å². The van der Waals surface area contributed by atoms with Crippen LogP contribution >= 0.6 is 0 Å². The Morgan fingerprint density at radius 3 is 2.38 bits per heavy atom. The smallest absolute Gasteiger partial charge is 0.208 e. The lowest BCUT2D eigenvalue weighted by Gasteiger charge is -2.07. The molecule has 3 heteroatoms. The normalized spacial score (nSPS) is 10.7. The van der Waals surface area contributed by atoms with Gasteiger partial charge in [0, 0.05) is 14.1 Å². The van der Waals surface area contributed by atoms with Crippen molar-refractivity contribution >= 4 is 11.5 Å². The van der Waals surface area contributed by atoms with Gasteiger partial charge in [-0.3, -0.25) is 0 Å². The minimum Gasteiger partial charge on any atom is -0.354 e. The third kappa shape index (κ3) is 2.60. The van der Waals surface area contributed by atoms with Crippen LogP contribution in [0.1, 0.15) is 0 Å². The molecule has 3 nitrogen and oxygen atoms in total. The van der Waals surface area contributed by atoms with Crippen molar-refractivity contribution in [3.05, 3.63) is 30.3 Å². The van der Waals surface area contributed by atoms with Crippen LogP contribution < -0.4 is 0 Å². The van der Waals surface area contributed by atoms with E-state index in [1.54, 1.807) is 19.0 Å². The molecule has 0 heterocycles.